The zero-order chi connectivity index (χ0) is 22.1. The first-order valence-corrected chi connectivity index (χ1v) is 10.2. The molecule has 3 rings (SSSR count). The predicted octanol–water partition coefficient (Wildman–Crippen LogP) is 3.13. The van der Waals surface area contributed by atoms with Crippen molar-refractivity contribution in [2.45, 2.75) is 19.6 Å². The zero-order valence-electron chi connectivity index (χ0n) is 17.0. The average Bonchev–Trinajstić information content (AvgIpc) is 3.06. The van der Waals surface area contributed by atoms with E-state index >= 15 is 0 Å². The molecule has 0 bridgehead atoms. The molecule has 2 heterocycles. The number of amides is 2. The third-order valence-corrected chi connectivity index (χ3v) is 6.05. The van der Waals surface area contributed by atoms with Crippen LogP contribution in [0.4, 0.5) is 13.2 Å². The second-order valence-corrected chi connectivity index (χ2v) is 8.45. The van der Waals surface area contributed by atoms with Crippen molar-refractivity contribution in [2.24, 2.45) is 0 Å². The third-order valence-electron chi connectivity index (χ3n) is 4.92. The fourth-order valence-electron chi connectivity index (χ4n) is 3.21. The van der Waals surface area contributed by atoms with E-state index in [1.807, 2.05) is 6.92 Å². The Labute approximate surface area is 176 Å². The summed E-state index contributed by atoms with van der Waals surface area (Å²) in [4.78, 5) is 35.2. The standard InChI is InChI=1S/C20H23F3N4O2S/c1-13-17(19(29)25(2)3)30-16(24-13)12-26-8-10-27(11-9-26)18(28)14-4-6-15(7-5-14)20(21,22)23/h4-7H,8-12H2,1-3H3. The van der Waals surface area contributed by atoms with Crippen molar-refractivity contribution in [1.29, 1.82) is 0 Å². The highest BCUT2D eigenvalue weighted by Crippen LogP contribution is 2.29. The normalized spacial score (nSPS) is 15.3. The lowest BCUT2D eigenvalue weighted by Crippen LogP contribution is -2.48. The first kappa shape index (κ1) is 22.2. The van der Waals surface area contributed by atoms with Crippen LogP contribution in [0.15, 0.2) is 24.3 Å². The molecule has 0 spiro atoms. The number of rotatable bonds is 4. The van der Waals surface area contributed by atoms with Crippen LogP contribution in [-0.4, -0.2) is 71.8 Å². The van der Waals surface area contributed by atoms with Crippen LogP contribution in [0.2, 0.25) is 0 Å². The number of alkyl halides is 3. The SMILES string of the molecule is Cc1nc(CN2CCN(C(=O)c3ccc(C(F)(F)F)cc3)CC2)sc1C(=O)N(C)C. The van der Waals surface area contributed by atoms with Crippen LogP contribution >= 0.6 is 11.3 Å². The van der Waals surface area contributed by atoms with E-state index in [-0.39, 0.29) is 17.4 Å². The first-order chi connectivity index (χ1) is 14.1. The summed E-state index contributed by atoms with van der Waals surface area (Å²) in [6.45, 7) is 4.62. The van der Waals surface area contributed by atoms with Gasteiger partial charge in [-0.25, -0.2) is 4.98 Å². The number of benzene rings is 1. The molecule has 0 atom stereocenters. The Kier molecular flexibility index (Phi) is 6.47. The summed E-state index contributed by atoms with van der Waals surface area (Å²) in [5, 5.41) is 0.847. The van der Waals surface area contributed by atoms with Crippen LogP contribution in [0.1, 0.15) is 36.3 Å². The number of aryl methyl sites for hydroxylation is 1. The van der Waals surface area contributed by atoms with E-state index in [2.05, 4.69) is 9.88 Å². The minimum atomic E-state index is -4.42. The highest BCUT2D eigenvalue weighted by molar-refractivity contribution is 7.13. The Morgan fingerprint density at radius 3 is 2.23 bits per heavy atom. The number of carbonyl (C=O) groups excluding carboxylic acids is 2. The molecule has 1 aliphatic rings. The van der Waals surface area contributed by atoms with Crippen LogP contribution in [-0.2, 0) is 12.7 Å². The number of hydrogen-bond donors (Lipinski definition) is 0. The maximum atomic E-state index is 12.7. The van der Waals surface area contributed by atoms with Crippen LogP contribution < -0.4 is 0 Å². The maximum Gasteiger partial charge on any atom is 0.416 e. The summed E-state index contributed by atoms with van der Waals surface area (Å²) in [7, 11) is 3.40. The number of nitrogens with zero attached hydrogens (tertiary/aromatic N) is 4. The van der Waals surface area contributed by atoms with E-state index in [0.717, 1.165) is 17.1 Å². The van der Waals surface area contributed by atoms with Gasteiger partial charge in [-0.15, -0.1) is 11.3 Å². The monoisotopic (exact) mass is 440 g/mol. The molecular formula is C20H23F3N4O2S. The van der Waals surface area contributed by atoms with Crippen molar-refractivity contribution >= 4 is 23.2 Å². The predicted molar refractivity (Wildman–Crippen MR) is 107 cm³/mol. The van der Waals surface area contributed by atoms with Gasteiger partial charge in [0.2, 0.25) is 0 Å². The van der Waals surface area contributed by atoms with E-state index in [0.29, 0.717) is 43.3 Å². The molecule has 1 saturated heterocycles. The minimum absolute atomic E-state index is 0.0665. The zero-order valence-corrected chi connectivity index (χ0v) is 17.8. The summed E-state index contributed by atoms with van der Waals surface area (Å²) in [5.74, 6) is -0.337. The van der Waals surface area contributed by atoms with Crippen LogP contribution in [0.25, 0.3) is 0 Å². The van der Waals surface area contributed by atoms with Gasteiger partial charge < -0.3 is 9.80 Å². The van der Waals surface area contributed by atoms with E-state index in [1.54, 1.807) is 19.0 Å². The van der Waals surface area contributed by atoms with Gasteiger partial charge in [0.15, 0.2) is 0 Å². The number of halogens is 3. The minimum Gasteiger partial charge on any atom is -0.344 e. The van der Waals surface area contributed by atoms with E-state index < -0.39 is 11.7 Å². The van der Waals surface area contributed by atoms with Crippen molar-refractivity contribution in [3.05, 3.63) is 51.0 Å². The summed E-state index contributed by atoms with van der Waals surface area (Å²) in [6.07, 6.45) is -4.42. The summed E-state index contributed by atoms with van der Waals surface area (Å²) >= 11 is 1.38. The molecule has 0 unspecified atom stereocenters. The maximum absolute atomic E-state index is 12.7. The molecule has 1 aliphatic heterocycles. The largest absolute Gasteiger partial charge is 0.416 e. The second kappa shape index (κ2) is 8.73. The van der Waals surface area contributed by atoms with Gasteiger partial charge in [-0.1, -0.05) is 0 Å². The third kappa shape index (κ3) is 4.99. The smallest absolute Gasteiger partial charge is 0.344 e. The molecule has 0 saturated carbocycles. The Morgan fingerprint density at radius 2 is 1.70 bits per heavy atom. The Balaban J connectivity index is 1.57. The molecule has 10 heteroatoms. The van der Waals surface area contributed by atoms with Crippen molar-refractivity contribution in [3.63, 3.8) is 0 Å². The van der Waals surface area contributed by atoms with Crippen molar-refractivity contribution in [3.8, 4) is 0 Å². The molecular weight excluding hydrogens is 417 g/mol. The lowest BCUT2D eigenvalue weighted by atomic mass is 10.1. The number of thiazole rings is 1. The van der Waals surface area contributed by atoms with Crippen LogP contribution in [0.5, 0.6) is 0 Å². The fraction of sp³-hybridized carbons (Fsp3) is 0.450. The molecule has 2 amide bonds. The van der Waals surface area contributed by atoms with Gasteiger partial charge in [-0.2, -0.15) is 13.2 Å². The van der Waals surface area contributed by atoms with Gasteiger partial charge in [-0.3, -0.25) is 14.5 Å². The van der Waals surface area contributed by atoms with Crippen molar-refractivity contribution in [1.82, 2.24) is 19.7 Å². The van der Waals surface area contributed by atoms with Gasteiger partial charge in [0.05, 0.1) is 17.8 Å². The quantitative estimate of drug-likeness (QED) is 0.733. The number of piperazine rings is 1. The Morgan fingerprint density at radius 1 is 1.10 bits per heavy atom. The Bertz CT molecular complexity index is 917. The molecule has 0 radical (unpaired) electrons. The van der Waals surface area contributed by atoms with Gasteiger partial charge in [0, 0.05) is 45.8 Å². The van der Waals surface area contributed by atoms with Crippen molar-refractivity contribution < 1.29 is 22.8 Å². The summed E-state index contributed by atoms with van der Waals surface area (Å²) in [5.41, 5.74) is 0.193. The topological polar surface area (TPSA) is 56.8 Å². The lowest BCUT2D eigenvalue weighted by molar-refractivity contribution is -0.137. The molecule has 0 aliphatic carbocycles. The Hall–Kier alpha value is -2.46. The number of carbonyl (C=O) groups is 2. The molecule has 162 valence electrons. The lowest BCUT2D eigenvalue weighted by Gasteiger charge is -2.34. The second-order valence-electron chi connectivity index (χ2n) is 7.37. The fourth-order valence-corrected chi connectivity index (χ4v) is 4.33. The molecule has 6 nitrogen and oxygen atoms in total. The molecule has 2 aromatic rings. The number of hydrogen-bond acceptors (Lipinski definition) is 5. The molecule has 0 N–H and O–H groups in total. The van der Waals surface area contributed by atoms with E-state index in [9.17, 15) is 22.8 Å². The molecule has 1 aromatic heterocycles. The highest BCUT2D eigenvalue weighted by Gasteiger charge is 2.31. The summed E-state index contributed by atoms with van der Waals surface area (Å²) < 4.78 is 38.0. The average molecular weight is 440 g/mol. The van der Waals surface area contributed by atoms with Crippen molar-refractivity contribution in [2.75, 3.05) is 40.3 Å². The van der Waals surface area contributed by atoms with Gasteiger partial charge in [-0.05, 0) is 31.2 Å². The van der Waals surface area contributed by atoms with Gasteiger partial charge in [0.1, 0.15) is 9.88 Å². The van der Waals surface area contributed by atoms with Crippen LogP contribution in [0, 0.1) is 6.92 Å². The van der Waals surface area contributed by atoms with Crippen LogP contribution in [0.3, 0.4) is 0 Å². The molecule has 30 heavy (non-hydrogen) atoms. The molecule has 1 aromatic carbocycles. The first-order valence-electron chi connectivity index (χ1n) is 9.43. The number of aromatic nitrogens is 1. The summed E-state index contributed by atoms with van der Waals surface area (Å²) in [6, 6.07) is 4.31. The van der Waals surface area contributed by atoms with E-state index in [1.165, 1.54) is 28.4 Å². The van der Waals surface area contributed by atoms with Gasteiger partial charge in [0.25, 0.3) is 11.8 Å². The molecule has 1 fully saturated rings. The van der Waals surface area contributed by atoms with Gasteiger partial charge >= 0.3 is 6.18 Å². The highest BCUT2D eigenvalue weighted by atomic mass is 32.1. The van der Waals surface area contributed by atoms with E-state index in [4.69, 9.17) is 0 Å².